The number of anilines is 1. The van der Waals surface area contributed by atoms with Crippen molar-refractivity contribution >= 4 is 11.6 Å². The van der Waals surface area contributed by atoms with Gasteiger partial charge in [0.2, 0.25) is 0 Å². The van der Waals surface area contributed by atoms with E-state index in [2.05, 4.69) is 67.4 Å². The van der Waals surface area contributed by atoms with Gasteiger partial charge in [0.05, 0.1) is 0 Å². The predicted molar refractivity (Wildman–Crippen MR) is 120 cm³/mol. The highest BCUT2D eigenvalue weighted by atomic mass is 16.5. The van der Waals surface area contributed by atoms with Gasteiger partial charge in [0.1, 0.15) is 5.75 Å². The number of hydrogen-bond acceptors (Lipinski definition) is 3. The van der Waals surface area contributed by atoms with E-state index in [0.29, 0.717) is 12.5 Å². The zero-order chi connectivity index (χ0) is 20.8. The van der Waals surface area contributed by atoms with Crippen LogP contribution in [-0.4, -0.2) is 25.6 Å². The van der Waals surface area contributed by atoms with Crippen molar-refractivity contribution in [3.8, 4) is 5.75 Å². The van der Waals surface area contributed by atoms with Gasteiger partial charge in [-0.25, -0.2) is 0 Å². The van der Waals surface area contributed by atoms with Crippen LogP contribution in [0.3, 0.4) is 0 Å². The minimum atomic E-state index is -0.102. The van der Waals surface area contributed by atoms with Gasteiger partial charge in [0.15, 0.2) is 6.61 Å². The van der Waals surface area contributed by atoms with Crippen LogP contribution in [0.25, 0.3) is 0 Å². The fourth-order valence-corrected chi connectivity index (χ4v) is 3.89. The molecule has 156 valence electrons. The van der Waals surface area contributed by atoms with E-state index in [9.17, 15) is 4.79 Å². The lowest BCUT2D eigenvalue weighted by atomic mass is 9.99. The van der Waals surface area contributed by atoms with Crippen LogP contribution >= 0.6 is 0 Å². The number of aryl methyl sites for hydroxylation is 1. The molecule has 1 heterocycles. The fraction of sp³-hybridized carbons (Fsp3) is 0.480. The second kappa shape index (κ2) is 9.82. The quantitative estimate of drug-likeness (QED) is 0.714. The summed E-state index contributed by atoms with van der Waals surface area (Å²) < 4.78 is 5.82. The molecule has 1 aliphatic heterocycles. The molecule has 0 radical (unpaired) electrons. The smallest absolute Gasteiger partial charge is 0.258 e. The van der Waals surface area contributed by atoms with Crippen molar-refractivity contribution in [3.05, 3.63) is 59.2 Å². The molecule has 1 atom stereocenters. The fourth-order valence-electron chi connectivity index (χ4n) is 3.89. The Morgan fingerprint density at radius 3 is 2.66 bits per heavy atom. The zero-order valence-corrected chi connectivity index (χ0v) is 18.2. The number of benzene rings is 2. The molecule has 0 aromatic heterocycles. The lowest BCUT2D eigenvalue weighted by molar-refractivity contribution is -0.123. The molecule has 4 nitrogen and oxygen atoms in total. The van der Waals surface area contributed by atoms with Gasteiger partial charge in [0.25, 0.3) is 5.91 Å². The highest BCUT2D eigenvalue weighted by molar-refractivity contribution is 5.77. The van der Waals surface area contributed by atoms with Gasteiger partial charge >= 0.3 is 0 Å². The number of hydrogen-bond donors (Lipinski definition) is 1. The lowest BCUT2D eigenvalue weighted by Crippen LogP contribution is -2.34. The first kappa shape index (κ1) is 21.2. The summed E-state index contributed by atoms with van der Waals surface area (Å²) in [5, 5.41) is 2.96. The largest absolute Gasteiger partial charge is 0.483 e. The first-order chi connectivity index (χ1) is 13.9. The van der Waals surface area contributed by atoms with E-state index in [-0.39, 0.29) is 12.5 Å². The number of carbonyl (C=O) groups excluding carboxylic acids is 1. The average molecular weight is 395 g/mol. The summed E-state index contributed by atoms with van der Waals surface area (Å²) in [6, 6.07) is 14.7. The van der Waals surface area contributed by atoms with Gasteiger partial charge in [-0.15, -0.1) is 0 Å². The van der Waals surface area contributed by atoms with E-state index < -0.39 is 0 Å². The summed E-state index contributed by atoms with van der Waals surface area (Å²) in [6.45, 7) is 11.4. The van der Waals surface area contributed by atoms with Crippen molar-refractivity contribution < 1.29 is 9.53 Å². The molecule has 1 saturated heterocycles. The third kappa shape index (κ3) is 5.99. The van der Waals surface area contributed by atoms with Gasteiger partial charge in [0, 0.05) is 25.3 Å². The Morgan fingerprint density at radius 2 is 1.97 bits per heavy atom. The van der Waals surface area contributed by atoms with Crippen LogP contribution in [-0.2, 0) is 11.3 Å². The van der Waals surface area contributed by atoms with Crippen molar-refractivity contribution in [1.82, 2.24) is 5.32 Å². The molecule has 0 spiro atoms. The number of piperidine rings is 1. The molecule has 2 aromatic carbocycles. The van der Waals surface area contributed by atoms with Crippen molar-refractivity contribution in [2.45, 2.75) is 53.0 Å². The Hall–Kier alpha value is -2.49. The minimum absolute atomic E-state index is 0.0346. The molecule has 1 amide bonds. The molecule has 29 heavy (non-hydrogen) atoms. The maximum absolute atomic E-state index is 12.3. The van der Waals surface area contributed by atoms with Crippen LogP contribution in [0.2, 0.25) is 0 Å². The SMILES string of the molecule is Cc1ccc(C(C)C)c(OCC(=O)NCc2ccc(N3CCCC(C)C3)cc2)c1. The number of amides is 1. The maximum Gasteiger partial charge on any atom is 0.258 e. The summed E-state index contributed by atoms with van der Waals surface area (Å²) in [7, 11) is 0. The Kier molecular flexibility index (Phi) is 7.18. The molecule has 4 heteroatoms. The summed E-state index contributed by atoms with van der Waals surface area (Å²) in [6.07, 6.45) is 2.59. The first-order valence-corrected chi connectivity index (χ1v) is 10.8. The second-order valence-electron chi connectivity index (χ2n) is 8.62. The molecule has 1 aliphatic rings. The standard InChI is InChI=1S/C25H34N2O2/c1-18(2)23-12-7-19(3)14-24(23)29-17-25(28)26-15-21-8-10-22(11-9-21)27-13-5-6-20(4)16-27/h7-12,14,18,20H,5-6,13,15-17H2,1-4H3,(H,26,28). The van der Waals surface area contributed by atoms with E-state index >= 15 is 0 Å². The molecule has 1 unspecified atom stereocenters. The van der Waals surface area contributed by atoms with E-state index in [4.69, 9.17) is 4.74 Å². The van der Waals surface area contributed by atoms with Gasteiger partial charge in [-0.05, 0) is 66.5 Å². The topological polar surface area (TPSA) is 41.6 Å². The molecule has 0 saturated carbocycles. The molecular weight excluding hydrogens is 360 g/mol. The van der Waals surface area contributed by atoms with Crippen LogP contribution < -0.4 is 15.0 Å². The summed E-state index contributed by atoms with van der Waals surface area (Å²) in [4.78, 5) is 14.7. The van der Waals surface area contributed by atoms with Crippen molar-refractivity contribution in [2.24, 2.45) is 5.92 Å². The van der Waals surface area contributed by atoms with E-state index in [1.165, 1.54) is 18.5 Å². The maximum atomic E-state index is 12.3. The summed E-state index contributed by atoms with van der Waals surface area (Å²) in [5.41, 5.74) is 4.64. The zero-order valence-electron chi connectivity index (χ0n) is 18.2. The Bertz CT molecular complexity index is 814. The highest BCUT2D eigenvalue weighted by Crippen LogP contribution is 2.27. The van der Waals surface area contributed by atoms with Crippen LogP contribution in [0, 0.1) is 12.8 Å². The molecule has 3 rings (SSSR count). The van der Waals surface area contributed by atoms with Crippen LogP contribution in [0.5, 0.6) is 5.75 Å². The van der Waals surface area contributed by atoms with Gasteiger partial charge < -0.3 is 15.0 Å². The number of nitrogens with one attached hydrogen (secondary N) is 1. The van der Waals surface area contributed by atoms with Crippen molar-refractivity contribution in [3.63, 3.8) is 0 Å². The number of rotatable bonds is 7. The Labute approximate surface area is 175 Å². The molecule has 2 aromatic rings. The molecule has 1 N–H and O–H groups in total. The third-order valence-electron chi connectivity index (χ3n) is 5.60. The molecule has 1 fully saturated rings. The van der Waals surface area contributed by atoms with Gasteiger partial charge in [-0.1, -0.05) is 45.0 Å². The van der Waals surface area contributed by atoms with Crippen LogP contribution in [0.1, 0.15) is 56.2 Å². The van der Waals surface area contributed by atoms with Crippen molar-refractivity contribution in [1.29, 1.82) is 0 Å². The Balaban J connectivity index is 1.49. The third-order valence-corrected chi connectivity index (χ3v) is 5.60. The van der Waals surface area contributed by atoms with E-state index in [0.717, 1.165) is 41.4 Å². The highest BCUT2D eigenvalue weighted by Gasteiger charge is 2.16. The second-order valence-corrected chi connectivity index (χ2v) is 8.62. The number of carbonyl (C=O) groups is 1. The van der Waals surface area contributed by atoms with Crippen molar-refractivity contribution in [2.75, 3.05) is 24.6 Å². The van der Waals surface area contributed by atoms with Gasteiger partial charge in [-0.2, -0.15) is 0 Å². The first-order valence-electron chi connectivity index (χ1n) is 10.8. The molecule has 0 bridgehead atoms. The number of ether oxygens (including phenoxy) is 1. The van der Waals surface area contributed by atoms with Gasteiger partial charge in [-0.3, -0.25) is 4.79 Å². The van der Waals surface area contributed by atoms with E-state index in [1.54, 1.807) is 0 Å². The molecule has 0 aliphatic carbocycles. The average Bonchev–Trinajstić information content (AvgIpc) is 2.71. The summed E-state index contributed by atoms with van der Waals surface area (Å²) in [5.74, 6) is 1.81. The lowest BCUT2D eigenvalue weighted by Gasteiger charge is -2.32. The molecular formula is C25H34N2O2. The van der Waals surface area contributed by atoms with Crippen LogP contribution in [0.15, 0.2) is 42.5 Å². The minimum Gasteiger partial charge on any atom is -0.483 e. The summed E-state index contributed by atoms with van der Waals surface area (Å²) >= 11 is 0. The predicted octanol–water partition coefficient (Wildman–Crippen LogP) is 5.05. The van der Waals surface area contributed by atoms with E-state index in [1.807, 2.05) is 13.0 Å². The van der Waals surface area contributed by atoms with Crippen LogP contribution in [0.4, 0.5) is 5.69 Å². The monoisotopic (exact) mass is 394 g/mol. The Morgan fingerprint density at radius 1 is 1.21 bits per heavy atom. The normalized spacial score (nSPS) is 16.7. The number of nitrogens with zero attached hydrogens (tertiary/aromatic N) is 1.